The van der Waals surface area contributed by atoms with Crippen LogP contribution in [0.1, 0.15) is 20.3 Å². The summed E-state index contributed by atoms with van der Waals surface area (Å²) in [6, 6.07) is 0. The van der Waals surface area contributed by atoms with Crippen molar-refractivity contribution in [1.29, 1.82) is 0 Å². The highest BCUT2D eigenvalue weighted by Crippen LogP contribution is 2.20. The standard InChI is InChI=1S/C11H16N2O/c1-4-6-9-7-8-13(5-2)11(14)10(9)12-3/h4,6H,3,5,7-8H2,1-2H3/b6-4-. The molecule has 1 rings (SSSR count). The molecule has 76 valence electrons. The highest BCUT2D eigenvalue weighted by Gasteiger charge is 2.23. The molecule has 0 bridgehead atoms. The Kier molecular flexibility index (Phi) is 3.63. The first-order chi connectivity index (χ1) is 6.74. The number of rotatable bonds is 3. The molecule has 0 fully saturated rings. The smallest absolute Gasteiger partial charge is 0.272 e. The molecule has 0 aromatic carbocycles. The summed E-state index contributed by atoms with van der Waals surface area (Å²) in [6.07, 6.45) is 4.74. The molecule has 0 N–H and O–H groups in total. The Morgan fingerprint density at radius 3 is 2.86 bits per heavy atom. The zero-order valence-corrected chi connectivity index (χ0v) is 8.79. The monoisotopic (exact) mass is 192 g/mol. The molecule has 1 aliphatic heterocycles. The minimum absolute atomic E-state index is 0.00171. The molecule has 0 aromatic heterocycles. The van der Waals surface area contributed by atoms with Gasteiger partial charge in [0, 0.05) is 13.1 Å². The normalized spacial score (nSPS) is 18.1. The van der Waals surface area contributed by atoms with Crippen molar-refractivity contribution >= 4 is 12.6 Å². The van der Waals surface area contributed by atoms with E-state index in [4.69, 9.17) is 0 Å². The average molecular weight is 192 g/mol. The van der Waals surface area contributed by atoms with Crippen molar-refractivity contribution in [2.75, 3.05) is 13.1 Å². The number of nitrogens with zero attached hydrogens (tertiary/aromatic N) is 2. The molecule has 1 heterocycles. The highest BCUT2D eigenvalue weighted by molar-refractivity contribution is 5.95. The summed E-state index contributed by atoms with van der Waals surface area (Å²) in [4.78, 5) is 17.4. The van der Waals surface area contributed by atoms with Crippen LogP contribution in [0.25, 0.3) is 0 Å². The van der Waals surface area contributed by atoms with Gasteiger partial charge in [0.15, 0.2) is 0 Å². The Balaban J connectivity index is 3.02. The fraction of sp³-hybridized carbons (Fsp3) is 0.455. The second kappa shape index (κ2) is 4.74. The maximum absolute atomic E-state index is 11.8. The fourth-order valence-electron chi connectivity index (χ4n) is 1.60. The lowest BCUT2D eigenvalue weighted by Gasteiger charge is -2.26. The van der Waals surface area contributed by atoms with Gasteiger partial charge in [-0.1, -0.05) is 12.2 Å². The average Bonchev–Trinajstić information content (AvgIpc) is 2.19. The van der Waals surface area contributed by atoms with Crippen molar-refractivity contribution in [3.05, 3.63) is 23.4 Å². The van der Waals surface area contributed by atoms with Gasteiger partial charge in [-0.15, -0.1) is 0 Å². The Morgan fingerprint density at radius 2 is 2.36 bits per heavy atom. The number of allylic oxidation sites excluding steroid dienone is 2. The van der Waals surface area contributed by atoms with Crippen LogP contribution < -0.4 is 0 Å². The first-order valence-electron chi connectivity index (χ1n) is 4.86. The van der Waals surface area contributed by atoms with Crippen molar-refractivity contribution in [3.63, 3.8) is 0 Å². The molecule has 1 amide bonds. The second-order valence-corrected chi connectivity index (χ2v) is 3.17. The number of amides is 1. The van der Waals surface area contributed by atoms with Gasteiger partial charge in [-0.05, 0) is 32.6 Å². The topological polar surface area (TPSA) is 32.7 Å². The van der Waals surface area contributed by atoms with Gasteiger partial charge in [0.25, 0.3) is 5.91 Å². The van der Waals surface area contributed by atoms with Crippen molar-refractivity contribution in [2.24, 2.45) is 4.99 Å². The SMILES string of the molecule is C=NC1=C(/C=C\C)CCN(CC)C1=O. The van der Waals surface area contributed by atoms with Crippen molar-refractivity contribution in [1.82, 2.24) is 4.90 Å². The summed E-state index contributed by atoms with van der Waals surface area (Å²) in [6.45, 7) is 8.88. The number of hydrogen-bond acceptors (Lipinski definition) is 2. The third-order valence-electron chi connectivity index (χ3n) is 2.35. The van der Waals surface area contributed by atoms with E-state index >= 15 is 0 Å². The predicted molar refractivity (Wildman–Crippen MR) is 58.3 cm³/mol. The van der Waals surface area contributed by atoms with Gasteiger partial charge in [0.05, 0.1) is 0 Å². The van der Waals surface area contributed by atoms with Gasteiger partial charge in [0.1, 0.15) is 5.70 Å². The molecule has 1 aliphatic rings. The molecule has 0 spiro atoms. The molecule has 3 heteroatoms. The summed E-state index contributed by atoms with van der Waals surface area (Å²) in [7, 11) is 0. The van der Waals surface area contributed by atoms with Crippen molar-refractivity contribution in [2.45, 2.75) is 20.3 Å². The van der Waals surface area contributed by atoms with Gasteiger partial charge < -0.3 is 4.90 Å². The van der Waals surface area contributed by atoms with Gasteiger partial charge in [-0.25, -0.2) is 0 Å². The van der Waals surface area contributed by atoms with Crippen LogP contribution in [0.3, 0.4) is 0 Å². The van der Waals surface area contributed by atoms with Crippen molar-refractivity contribution < 1.29 is 4.79 Å². The minimum atomic E-state index is 0.00171. The van der Waals surface area contributed by atoms with E-state index in [1.807, 2.05) is 26.0 Å². The first kappa shape index (κ1) is 10.7. The molecule has 0 unspecified atom stereocenters. The minimum Gasteiger partial charge on any atom is -0.337 e. The molecular weight excluding hydrogens is 176 g/mol. The Hall–Kier alpha value is -1.38. The van der Waals surface area contributed by atoms with Crippen LogP contribution in [0.2, 0.25) is 0 Å². The molecular formula is C11H16N2O. The van der Waals surface area contributed by atoms with Crippen LogP contribution in [0.5, 0.6) is 0 Å². The summed E-state index contributed by atoms with van der Waals surface area (Å²) in [5, 5.41) is 0. The lowest BCUT2D eigenvalue weighted by molar-refractivity contribution is -0.127. The lowest BCUT2D eigenvalue weighted by Crippen LogP contribution is -2.36. The van der Waals surface area contributed by atoms with Crippen LogP contribution in [0.15, 0.2) is 28.4 Å². The van der Waals surface area contributed by atoms with Gasteiger partial charge in [0.2, 0.25) is 0 Å². The Bertz CT molecular complexity index is 302. The molecule has 0 aliphatic carbocycles. The van der Waals surface area contributed by atoms with Gasteiger partial charge in [-0.3, -0.25) is 9.79 Å². The molecule has 0 radical (unpaired) electrons. The third-order valence-corrected chi connectivity index (χ3v) is 2.35. The largest absolute Gasteiger partial charge is 0.337 e. The van der Waals surface area contributed by atoms with Crippen LogP contribution in [-0.2, 0) is 4.79 Å². The fourth-order valence-corrected chi connectivity index (χ4v) is 1.60. The number of likely N-dealkylation sites (N-methyl/N-ethyl adjacent to an activating group) is 1. The summed E-state index contributed by atoms with van der Waals surface area (Å²) >= 11 is 0. The van der Waals surface area contributed by atoms with E-state index in [0.717, 1.165) is 25.1 Å². The zero-order valence-electron chi connectivity index (χ0n) is 8.79. The summed E-state index contributed by atoms with van der Waals surface area (Å²) < 4.78 is 0. The number of aliphatic imine (C=N–C) groups is 1. The van der Waals surface area contributed by atoms with Crippen LogP contribution in [0, 0.1) is 0 Å². The van der Waals surface area contributed by atoms with Crippen LogP contribution >= 0.6 is 0 Å². The van der Waals surface area contributed by atoms with Gasteiger partial charge >= 0.3 is 0 Å². The second-order valence-electron chi connectivity index (χ2n) is 3.17. The summed E-state index contributed by atoms with van der Waals surface area (Å²) in [5.41, 5.74) is 1.51. The lowest BCUT2D eigenvalue weighted by atomic mass is 10.0. The molecule has 0 aromatic rings. The maximum atomic E-state index is 11.8. The molecule has 14 heavy (non-hydrogen) atoms. The van der Waals surface area contributed by atoms with Crippen LogP contribution in [0.4, 0.5) is 0 Å². The molecule has 0 saturated heterocycles. The van der Waals surface area contributed by atoms with E-state index in [1.54, 1.807) is 4.90 Å². The van der Waals surface area contributed by atoms with E-state index in [2.05, 4.69) is 11.7 Å². The van der Waals surface area contributed by atoms with E-state index in [0.29, 0.717) is 5.70 Å². The predicted octanol–water partition coefficient (Wildman–Crippen LogP) is 1.77. The number of carbonyl (C=O) groups excluding carboxylic acids is 1. The summed E-state index contributed by atoms with van der Waals surface area (Å²) in [5.74, 6) is 0.00171. The van der Waals surface area contributed by atoms with E-state index in [-0.39, 0.29) is 5.91 Å². The molecule has 3 nitrogen and oxygen atoms in total. The van der Waals surface area contributed by atoms with E-state index < -0.39 is 0 Å². The maximum Gasteiger partial charge on any atom is 0.272 e. The number of carbonyl (C=O) groups is 1. The quantitative estimate of drug-likeness (QED) is 0.627. The third kappa shape index (κ3) is 1.92. The van der Waals surface area contributed by atoms with E-state index in [9.17, 15) is 4.79 Å². The van der Waals surface area contributed by atoms with Crippen molar-refractivity contribution in [3.8, 4) is 0 Å². The Labute approximate surface area is 84.8 Å². The highest BCUT2D eigenvalue weighted by atomic mass is 16.2. The zero-order chi connectivity index (χ0) is 10.6. The molecule has 0 saturated carbocycles. The Morgan fingerprint density at radius 1 is 1.64 bits per heavy atom. The number of hydrogen-bond donors (Lipinski definition) is 0. The van der Waals surface area contributed by atoms with Gasteiger partial charge in [-0.2, -0.15) is 0 Å². The van der Waals surface area contributed by atoms with Crippen LogP contribution in [-0.4, -0.2) is 30.6 Å². The molecule has 0 atom stereocenters. The van der Waals surface area contributed by atoms with E-state index in [1.165, 1.54) is 0 Å². The first-order valence-corrected chi connectivity index (χ1v) is 4.86.